The third-order valence-electron chi connectivity index (χ3n) is 5.22. The molecule has 1 aliphatic heterocycles. The van der Waals surface area contributed by atoms with Crippen LogP contribution in [0.25, 0.3) is 0 Å². The van der Waals surface area contributed by atoms with E-state index in [-0.39, 0.29) is 18.1 Å². The second kappa shape index (κ2) is 11.0. The molecule has 2 atom stereocenters. The van der Waals surface area contributed by atoms with Crippen molar-refractivity contribution in [2.24, 2.45) is 0 Å². The van der Waals surface area contributed by atoms with Crippen LogP contribution in [0.15, 0.2) is 23.3 Å². The molecule has 0 radical (unpaired) electrons. The number of rotatable bonds is 11. The van der Waals surface area contributed by atoms with Crippen molar-refractivity contribution in [3.05, 3.63) is 23.3 Å². The fraction of sp³-hybridized carbons (Fsp3) is 0.750. The van der Waals surface area contributed by atoms with Gasteiger partial charge < -0.3 is 29.3 Å². The summed E-state index contributed by atoms with van der Waals surface area (Å²) in [7, 11) is 3.28. The maximum absolute atomic E-state index is 13.0. The van der Waals surface area contributed by atoms with Gasteiger partial charge in [0.2, 0.25) is 0 Å². The summed E-state index contributed by atoms with van der Waals surface area (Å²) in [5.41, 5.74) is 5.11. The summed E-state index contributed by atoms with van der Waals surface area (Å²) in [6.07, 6.45) is 6.70. The number of morpholine rings is 1. The molecule has 0 aromatic heterocycles. The standard InChI is InChI=1S/C20H33N3O5/c1-25-14-16-4-3-15(11-18(16)27-10-8-22-26-2)13-23(17-5-6-17)20(24)19-12-21-7-9-28-19/h3-4,17-19,21-22H,5-14H2,1-2H3/t18?,19-/m1/s1. The van der Waals surface area contributed by atoms with Crippen molar-refractivity contribution in [1.29, 1.82) is 0 Å². The molecule has 1 saturated carbocycles. The highest BCUT2D eigenvalue weighted by molar-refractivity contribution is 5.82. The Balaban J connectivity index is 1.61. The van der Waals surface area contributed by atoms with Crippen LogP contribution in [0.2, 0.25) is 0 Å². The smallest absolute Gasteiger partial charge is 0.253 e. The van der Waals surface area contributed by atoms with Crippen LogP contribution in [0.5, 0.6) is 0 Å². The number of nitrogens with one attached hydrogen (secondary N) is 2. The van der Waals surface area contributed by atoms with E-state index in [1.165, 1.54) is 5.57 Å². The highest BCUT2D eigenvalue weighted by atomic mass is 16.6. The highest BCUT2D eigenvalue weighted by Gasteiger charge is 2.37. The first-order chi connectivity index (χ1) is 13.7. The van der Waals surface area contributed by atoms with Gasteiger partial charge in [-0.3, -0.25) is 4.79 Å². The molecule has 2 N–H and O–H groups in total. The van der Waals surface area contributed by atoms with Crippen LogP contribution in [-0.4, -0.2) is 89.3 Å². The van der Waals surface area contributed by atoms with Crippen molar-refractivity contribution >= 4 is 5.91 Å². The van der Waals surface area contributed by atoms with Crippen molar-refractivity contribution in [2.75, 3.05) is 60.2 Å². The van der Waals surface area contributed by atoms with Crippen LogP contribution in [-0.2, 0) is 23.8 Å². The number of methoxy groups -OCH3 is 1. The minimum Gasteiger partial charge on any atom is -0.380 e. The Bertz CT molecular complexity index is 570. The number of hydrogen-bond donors (Lipinski definition) is 2. The van der Waals surface area contributed by atoms with Gasteiger partial charge in [0, 0.05) is 45.8 Å². The van der Waals surface area contributed by atoms with Crippen LogP contribution in [0, 0.1) is 0 Å². The van der Waals surface area contributed by atoms with Gasteiger partial charge in [-0.1, -0.05) is 12.2 Å². The minimum atomic E-state index is -0.370. The summed E-state index contributed by atoms with van der Waals surface area (Å²) in [6, 6.07) is 0.341. The maximum Gasteiger partial charge on any atom is 0.253 e. The molecule has 8 heteroatoms. The van der Waals surface area contributed by atoms with E-state index in [1.807, 2.05) is 4.90 Å². The minimum absolute atomic E-state index is 0.0395. The third-order valence-corrected chi connectivity index (χ3v) is 5.22. The first kappa shape index (κ1) is 21.4. The summed E-state index contributed by atoms with van der Waals surface area (Å²) in [5.74, 6) is 0.101. The molecule has 0 spiro atoms. The van der Waals surface area contributed by atoms with Gasteiger partial charge in [-0.05, 0) is 24.0 Å². The monoisotopic (exact) mass is 395 g/mol. The zero-order chi connectivity index (χ0) is 19.8. The summed E-state index contributed by atoms with van der Waals surface area (Å²) >= 11 is 0. The second-order valence-corrected chi connectivity index (χ2v) is 7.42. The fourth-order valence-electron chi connectivity index (χ4n) is 3.61. The predicted octanol–water partition coefficient (Wildman–Crippen LogP) is 0.405. The van der Waals surface area contributed by atoms with Gasteiger partial charge in [-0.25, -0.2) is 5.48 Å². The van der Waals surface area contributed by atoms with Gasteiger partial charge in [0.1, 0.15) is 6.10 Å². The van der Waals surface area contributed by atoms with Crippen LogP contribution >= 0.6 is 0 Å². The lowest BCUT2D eigenvalue weighted by atomic mass is 9.95. The molecule has 28 heavy (non-hydrogen) atoms. The number of hydroxylamine groups is 1. The van der Waals surface area contributed by atoms with Crippen molar-refractivity contribution in [3.8, 4) is 0 Å². The van der Waals surface area contributed by atoms with Crippen LogP contribution in [0.1, 0.15) is 19.3 Å². The first-order valence-electron chi connectivity index (χ1n) is 10.1. The lowest BCUT2D eigenvalue weighted by molar-refractivity contribution is -0.145. The van der Waals surface area contributed by atoms with E-state index in [0.29, 0.717) is 45.5 Å². The topological polar surface area (TPSA) is 81.3 Å². The van der Waals surface area contributed by atoms with E-state index in [2.05, 4.69) is 22.9 Å². The number of hydrogen-bond acceptors (Lipinski definition) is 7. The summed E-state index contributed by atoms with van der Waals surface area (Å²) in [5, 5.41) is 3.25. The Morgan fingerprint density at radius 3 is 2.89 bits per heavy atom. The maximum atomic E-state index is 13.0. The lowest BCUT2D eigenvalue weighted by Gasteiger charge is -2.32. The Labute approximate surface area is 167 Å². The quantitative estimate of drug-likeness (QED) is 0.387. The fourth-order valence-corrected chi connectivity index (χ4v) is 3.61. The molecule has 1 saturated heterocycles. The molecule has 1 unspecified atom stereocenters. The Morgan fingerprint density at radius 2 is 2.21 bits per heavy atom. The SMILES string of the molecule is COCC1=CC=C(CN(C(=O)[C@H]2CNCCO2)C2CC2)CC1OCCNOC. The number of carbonyl (C=O) groups is 1. The second-order valence-electron chi connectivity index (χ2n) is 7.42. The number of amides is 1. The van der Waals surface area contributed by atoms with Gasteiger partial charge in [-0.15, -0.1) is 0 Å². The van der Waals surface area contributed by atoms with Crippen molar-refractivity contribution < 1.29 is 23.8 Å². The largest absolute Gasteiger partial charge is 0.380 e. The van der Waals surface area contributed by atoms with E-state index < -0.39 is 0 Å². The van der Waals surface area contributed by atoms with Gasteiger partial charge >= 0.3 is 0 Å². The molecular weight excluding hydrogens is 362 g/mol. The molecule has 0 aromatic rings. The molecule has 2 fully saturated rings. The lowest BCUT2D eigenvalue weighted by Crippen LogP contribution is -2.50. The molecule has 158 valence electrons. The van der Waals surface area contributed by atoms with E-state index in [9.17, 15) is 4.79 Å². The molecule has 0 bridgehead atoms. The number of nitrogens with zero attached hydrogens (tertiary/aromatic N) is 1. The zero-order valence-electron chi connectivity index (χ0n) is 16.9. The Morgan fingerprint density at radius 1 is 1.36 bits per heavy atom. The Hall–Kier alpha value is -1.29. The zero-order valence-corrected chi connectivity index (χ0v) is 16.9. The predicted molar refractivity (Wildman–Crippen MR) is 105 cm³/mol. The van der Waals surface area contributed by atoms with Crippen LogP contribution < -0.4 is 10.8 Å². The van der Waals surface area contributed by atoms with Crippen LogP contribution in [0.3, 0.4) is 0 Å². The molecular formula is C20H33N3O5. The number of carbonyl (C=O) groups excluding carboxylic acids is 1. The summed E-state index contributed by atoms with van der Waals surface area (Å²) < 4.78 is 17.0. The molecule has 8 nitrogen and oxygen atoms in total. The van der Waals surface area contributed by atoms with Crippen LogP contribution in [0.4, 0.5) is 0 Å². The molecule has 3 aliphatic rings. The molecule has 1 amide bonds. The van der Waals surface area contributed by atoms with E-state index in [1.54, 1.807) is 14.2 Å². The van der Waals surface area contributed by atoms with Gasteiger partial charge in [-0.2, -0.15) is 0 Å². The average Bonchev–Trinajstić information content (AvgIpc) is 3.56. The van der Waals surface area contributed by atoms with E-state index >= 15 is 0 Å². The molecule has 1 heterocycles. The van der Waals surface area contributed by atoms with Gasteiger partial charge in [0.25, 0.3) is 5.91 Å². The first-order valence-corrected chi connectivity index (χ1v) is 10.1. The molecule has 2 aliphatic carbocycles. The van der Waals surface area contributed by atoms with Crippen molar-refractivity contribution in [2.45, 2.75) is 37.5 Å². The molecule has 0 aromatic carbocycles. The average molecular weight is 396 g/mol. The van der Waals surface area contributed by atoms with Gasteiger partial charge in [0.05, 0.1) is 33.0 Å². The molecule has 3 rings (SSSR count). The van der Waals surface area contributed by atoms with Crippen molar-refractivity contribution in [3.63, 3.8) is 0 Å². The normalized spacial score (nSPS) is 25.2. The van der Waals surface area contributed by atoms with Crippen molar-refractivity contribution in [1.82, 2.24) is 15.7 Å². The van der Waals surface area contributed by atoms with Gasteiger partial charge in [0.15, 0.2) is 0 Å². The summed E-state index contributed by atoms with van der Waals surface area (Å²) in [4.78, 5) is 19.8. The Kier molecular flexibility index (Phi) is 8.44. The highest BCUT2D eigenvalue weighted by Crippen LogP contribution is 2.31. The third kappa shape index (κ3) is 6.10. The number of ether oxygens (including phenoxy) is 3. The van der Waals surface area contributed by atoms with E-state index in [0.717, 1.165) is 31.4 Å². The van der Waals surface area contributed by atoms with E-state index in [4.69, 9.17) is 19.0 Å². The summed E-state index contributed by atoms with van der Waals surface area (Å²) in [6.45, 7) is 4.33. The number of allylic oxidation sites excluding steroid dienone is 2.